The van der Waals surface area contributed by atoms with Gasteiger partial charge in [0.25, 0.3) is 0 Å². The van der Waals surface area contributed by atoms with Crippen molar-refractivity contribution in [3.8, 4) is 12.3 Å². The Hall–Kier alpha value is -1.01. The lowest BCUT2D eigenvalue weighted by Gasteiger charge is -2.22. The molecule has 0 bridgehead atoms. The first-order valence-electron chi connectivity index (χ1n) is 6.24. The minimum Gasteiger partial charge on any atom is -0.356 e. The fourth-order valence-electron chi connectivity index (χ4n) is 2.01. The number of carbonyl (C=O) groups excluding carboxylic acids is 1. The molecule has 1 saturated heterocycles. The Morgan fingerprint density at radius 2 is 2.38 bits per heavy atom. The Balaban J connectivity index is 1.99. The topological polar surface area (TPSA) is 41.1 Å². The van der Waals surface area contributed by atoms with Crippen LogP contribution in [0.3, 0.4) is 0 Å². The Morgan fingerprint density at radius 1 is 1.50 bits per heavy atom. The van der Waals surface area contributed by atoms with Crippen molar-refractivity contribution in [2.24, 2.45) is 5.92 Å². The van der Waals surface area contributed by atoms with Gasteiger partial charge in [0.15, 0.2) is 0 Å². The van der Waals surface area contributed by atoms with E-state index >= 15 is 0 Å². The number of hydrogen-bond donors (Lipinski definition) is 2. The Kier molecular flexibility index (Phi) is 6.67. The standard InChI is InChI=1S/C13H22N2O/c1-2-3-4-5-9-15-13(16)10-12-7-6-8-14-11-12/h1,12,14H,3-11H2,(H,15,16). The van der Waals surface area contributed by atoms with Gasteiger partial charge in [-0.3, -0.25) is 4.79 Å². The molecule has 1 amide bonds. The van der Waals surface area contributed by atoms with Gasteiger partial charge in [-0.2, -0.15) is 0 Å². The van der Waals surface area contributed by atoms with E-state index in [1.54, 1.807) is 0 Å². The zero-order valence-corrected chi connectivity index (χ0v) is 9.93. The summed E-state index contributed by atoms with van der Waals surface area (Å²) in [6.45, 7) is 2.86. The highest BCUT2D eigenvalue weighted by Crippen LogP contribution is 2.13. The van der Waals surface area contributed by atoms with Gasteiger partial charge < -0.3 is 10.6 Å². The summed E-state index contributed by atoms with van der Waals surface area (Å²) < 4.78 is 0. The first-order valence-corrected chi connectivity index (χ1v) is 6.24. The molecule has 0 aromatic rings. The van der Waals surface area contributed by atoms with Crippen molar-refractivity contribution in [3.63, 3.8) is 0 Å². The molecule has 3 nitrogen and oxygen atoms in total. The largest absolute Gasteiger partial charge is 0.356 e. The van der Waals surface area contributed by atoms with Crippen LogP contribution in [0.4, 0.5) is 0 Å². The minimum atomic E-state index is 0.189. The molecule has 90 valence electrons. The number of piperidine rings is 1. The van der Waals surface area contributed by atoms with Gasteiger partial charge in [-0.05, 0) is 44.7 Å². The summed E-state index contributed by atoms with van der Waals surface area (Å²) in [5.41, 5.74) is 0. The van der Waals surface area contributed by atoms with Crippen molar-refractivity contribution >= 4 is 5.91 Å². The molecule has 0 saturated carbocycles. The second-order valence-corrected chi connectivity index (χ2v) is 4.43. The van der Waals surface area contributed by atoms with E-state index in [4.69, 9.17) is 6.42 Å². The van der Waals surface area contributed by atoms with Crippen molar-refractivity contribution in [1.29, 1.82) is 0 Å². The Labute approximate surface area is 98.4 Å². The molecule has 0 aliphatic carbocycles. The van der Waals surface area contributed by atoms with Crippen molar-refractivity contribution in [2.75, 3.05) is 19.6 Å². The second-order valence-electron chi connectivity index (χ2n) is 4.43. The SMILES string of the molecule is C#CCCCCNC(=O)CC1CCCNC1. The van der Waals surface area contributed by atoms with Crippen LogP contribution in [-0.4, -0.2) is 25.5 Å². The van der Waals surface area contributed by atoms with Crippen molar-refractivity contribution in [1.82, 2.24) is 10.6 Å². The summed E-state index contributed by atoms with van der Waals surface area (Å²) in [5.74, 6) is 3.32. The van der Waals surface area contributed by atoms with Gasteiger partial charge in [-0.15, -0.1) is 12.3 Å². The number of unbranched alkanes of at least 4 members (excludes halogenated alkanes) is 2. The minimum absolute atomic E-state index is 0.189. The molecule has 1 rings (SSSR count). The maximum atomic E-state index is 11.6. The van der Waals surface area contributed by atoms with E-state index in [0.717, 1.165) is 38.9 Å². The van der Waals surface area contributed by atoms with Gasteiger partial charge in [-0.25, -0.2) is 0 Å². The number of carbonyl (C=O) groups is 1. The number of rotatable bonds is 6. The van der Waals surface area contributed by atoms with Crippen molar-refractivity contribution in [2.45, 2.75) is 38.5 Å². The highest BCUT2D eigenvalue weighted by Gasteiger charge is 2.15. The summed E-state index contributed by atoms with van der Waals surface area (Å²) in [6, 6.07) is 0. The molecule has 2 N–H and O–H groups in total. The predicted molar refractivity (Wildman–Crippen MR) is 65.9 cm³/mol. The normalized spacial score (nSPS) is 20.1. The molecule has 1 atom stereocenters. The van der Waals surface area contributed by atoms with E-state index < -0.39 is 0 Å². The first-order chi connectivity index (χ1) is 7.83. The van der Waals surface area contributed by atoms with E-state index in [-0.39, 0.29) is 5.91 Å². The van der Waals surface area contributed by atoms with Crippen LogP contribution in [0.5, 0.6) is 0 Å². The van der Waals surface area contributed by atoms with Crippen LogP contribution in [0.1, 0.15) is 38.5 Å². The summed E-state index contributed by atoms with van der Waals surface area (Å²) >= 11 is 0. The van der Waals surface area contributed by atoms with E-state index in [1.807, 2.05) is 0 Å². The number of hydrogen-bond acceptors (Lipinski definition) is 2. The Morgan fingerprint density at radius 3 is 3.06 bits per heavy atom. The van der Waals surface area contributed by atoms with Crippen LogP contribution in [0, 0.1) is 18.3 Å². The van der Waals surface area contributed by atoms with Crippen LogP contribution in [-0.2, 0) is 4.79 Å². The van der Waals surface area contributed by atoms with Crippen molar-refractivity contribution < 1.29 is 4.79 Å². The number of nitrogens with one attached hydrogen (secondary N) is 2. The lowest BCUT2D eigenvalue weighted by atomic mass is 9.96. The molecule has 0 aromatic heterocycles. The van der Waals surface area contributed by atoms with Gasteiger partial charge in [-0.1, -0.05) is 0 Å². The zero-order chi connectivity index (χ0) is 11.6. The molecule has 0 aromatic carbocycles. The summed E-state index contributed by atoms with van der Waals surface area (Å²) in [4.78, 5) is 11.6. The van der Waals surface area contributed by atoms with Gasteiger partial charge in [0, 0.05) is 19.4 Å². The van der Waals surface area contributed by atoms with Crippen LogP contribution >= 0.6 is 0 Å². The van der Waals surface area contributed by atoms with E-state index in [9.17, 15) is 4.79 Å². The molecule has 3 heteroatoms. The lowest BCUT2D eigenvalue weighted by Crippen LogP contribution is -2.34. The van der Waals surface area contributed by atoms with E-state index in [0.29, 0.717) is 12.3 Å². The van der Waals surface area contributed by atoms with Crippen LogP contribution in [0.2, 0.25) is 0 Å². The van der Waals surface area contributed by atoms with Crippen molar-refractivity contribution in [3.05, 3.63) is 0 Å². The van der Waals surface area contributed by atoms with Crippen LogP contribution < -0.4 is 10.6 Å². The van der Waals surface area contributed by atoms with Gasteiger partial charge in [0.05, 0.1) is 0 Å². The highest BCUT2D eigenvalue weighted by molar-refractivity contribution is 5.76. The van der Waals surface area contributed by atoms with Gasteiger partial charge >= 0.3 is 0 Å². The van der Waals surface area contributed by atoms with Crippen LogP contribution in [0.15, 0.2) is 0 Å². The third kappa shape index (κ3) is 5.77. The first kappa shape index (κ1) is 13.1. The molecule has 1 aliphatic heterocycles. The molecule has 1 unspecified atom stereocenters. The molecular weight excluding hydrogens is 200 g/mol. The van der Waals surface area contributed by atoms with E-state index in [2.05, 4.69) is 16.6 Å². The van der Waals surface area contributed by atoms with Gasteiger partial charge in [0.2, 0.25) is 5.91 Å². The fourth-order valence-corrected chi connectivity index (χ4v) is 2.01. The predicted octanol–water partition coefficient (Wildman–Crippen LogP) is 1.30. The second kappa shape index (κ2) is 8.18. The van der Waals surface area contributed by atoms with Crippen LogP contribution in [0.25, 0.3) is 0 Å². The molecular formula is C13H22N2O. The quantitative estimate of drug-likeness (QED) is 0.525. The molecule has 0 spiro atoms. The number of terminal acetylenes is 1. The third-order valence-electron chi connectivity index (χ3n) is 2.94. The zero-order valence-electron chi connectivity index (χ0n) is 9.93. The molecule has 1 fully saturated rings. The monoisotopic (exact) mass is 222 g/mol. The summed E-state index contributed by atoms with van der Waals surface area (Å²) in [7, 11) is 0. The average Bonchev–Trinajstić information content (AvgIpc) is 2.30. The van der Waals surface area contributed by atoms with E-state index in [1.165, 1.54) is 12.8 Å². The third-order valence-corrected chi connectivity index (χ3v) is 2.94. The molecule has 16 heavy (non-hydrogen) atoms. The Bertz CT molecular complexity index is 239. The fraction of sp³-hybridized carbons (Fsp3) is 0.769. The molecule has 1 aliphatic rings. The molecule has 0 radical (unpaired) electrons. The maximum Gasteiger partial charge on any atom is 0.220 e. The maximum absolute atomic E-state index is 11.6. The summed E-state index contributed by atoms with van der Waals surface area (Å²) in [6.07, 6.45) is 11.0. The van der Waals surface area contributed by atoms with Gasteiger partial charge in [0.1, 0.15) is 0 Å². The number of amides is 1. The highest BCUT2D eigenvalue weighted by atomic mass is 16.1. The smallest absolute Gasteiger partial charge is 0.220 e. The molecule has 1 heterocycles. The average molecular weight is 222 g/mol. The summed E-state index contributed by atoms with van der Waals surface area (Å²) in [5, 5.41) is 6.28. The lowest BCUT2D eigenvalue weighted by molar-refractivity contribution is -0.122.